The van der Waals surface area contributed by atoms with E-state index in [0.29, 0.717) is 23.2 Å². The molecule has 0 aliphatic heterocycles. The number of carbonyl (C=O) groups excluding carboxylic acids is 2. The Balaban J connectivity index is 1.43. The van der Waals surface area contributed by atoms with Crippen molar-refractivity contribution in [1.29, 1.82) is 0 Å². The van der Waals surface area contributed by atoms with Crippen LogP contribution in [0.15, 0.2) is 76.2 Å². The van der Waals surface area contributed by atoms with Gasteiger partial charge in [0, 0.05) is 16.0 Å². The second-order valence-corrected chi connectivity index (χ2v) is 9.11. The molecule has 4 aromatic rings. The summed E-state index contributed by atoms with van der Waals surface area (Å²) in [5.74, 6) is -0.163. The summed E-state index contributed by atoms with van der Waals surface area (Å²) in [7, 11) is 0. The van der Waals surface area contributed by atoms with E-state index in [-0.39, 0.29) is 12.5 Å². The van der Waals surface area contributed by atoms with Crippen molar-refractivity contribution in [3.05, 3.63) is 89.5 Å². The number of ether oxygens (including phenoxy) is 1. The molecule has 2 heterocycles. The van der Waals surface area contributed by atoms with E-state index in [1.807, 2.05) is 66.9 Å². The predicted molar refractivity (Wildman–Crippen MR) is 138 cm³/mol. The Morgan fingerprint density at radius 3 is 2.83 bits per heavy atom. The number of nitrogens with zero attached hydrogens (tertiary/aromatic N) is 1. The molecule has 0 fully saturated rings. The molecule has 1 amide bonds. The molecule has 0 bridgehead atoms. The van der Waals surface area contributed by atoms with E-state index < -0.39 is 5.97 Å². The van der Waals surface area contributed by atoms with Crippen molar-refractivity contribution in [2.75, 3.05) is 18.2 Å². The van der Waals surface area contributed by atoms with Crippen LogP contribution in [0.3, 0.4) is 0 Å². The van der Waals surface area contributed by atoms with Gasteiger partial charge >= 0.3 is 5.97 Å². The van der Waals surface area contributed by atoms with Crippen LogP contribution in [0.25, 0.3) is 22.6 Å². The number of esters is 1. The highest BCUT2D eigenvalue weighted by atomic mass is 32.2. The number of anilines is 1. The summed E-state index contributed by atoms with van der Waals surface area (Å²) in [5, 5.41) is 3.52. The van der Waals surface area contributed by atoms with Gasteiger partial charge < -0.3 is 14.5 Å². The van der Waals surface area contributed by atoms with E-state index in [1.165, 1.54) is 0 Å². The van der Waals surface area contributed by atoms with E-state index in [0.717, 1.165) is 45.7 Å². The SMILES string of the molecule is CSc1cccc(NC(=O)COC(=O)c2c3c(nc4ccccc24)/C(=C\c2ccco2)CCC3)c1. The molecule has 0 atom stereocenters. The Morgan fingerprint density at radius 1 is 1.11 bits per heavy atom. The Morgan fingerprint density at radius 2 is 2.00 bits per heavy atom. The van der Waals surface area contributed by atoms with Gasteiger partial charge in [0.1, 0.15) is 5.76 Å². The van der Waals surface area contributed by atoms with Crippen LogP contribution in [0.5, 0.6) is 0 Å². The fourth-order valence-corrected chi connectivity index (χ4v) is 4.81. The van der Waals surface area contributed by atoms with E-state index in [4.69, 9.17) is 14.1 Å². The van der Waals surface area contributed by atoms with Crippen molar-refractivity contribution in [2.24, 2.45) is 0 Å². The smallest absolute Gasteiger partial charge is 0.339 e. The molecule has 0 radical (unpaired) electrons. The number of allylic oxidation sites excluding steroid dienone is 1. The fraction of sp³-hybridized carbons (Fsp3) is 0.179. The van der Waals surface area contributed by atoms with Crippen molar-refractivity contribution >= 4 is 51.9 Å². The molecule has 176 valence electrons. The van der Waals surface area contributed by atoms with E-state index in [1.54, 1.807) is 24.1 Å². The lowest BCUT2D eigenvalue weighted by Crippen LogP contribution is -2.22. The number of para-hydroxylation sites is 1. The number of hydrogen-bond acceptors (Lipinski definition) is 6. The minimum Gasteiger partial charge on any atom is -0.465 e. The first-order valence-electron chi connectivity index (χ1n) is 11.4. The van der Waals surface area contributed by atoms with Crippen molar-refractivity contribution in [3.63, 3.8) is 0 Å². The van der Waals surface area contributed by atoms with E-state index >= 15 is 0 Å². The van der Waals surface area contributed by atoms with Crippen LogP contribution >= 0.6 is 11.8 Å². The molecule has 7 heteroatoms. The first-order valence-corrected chi connectivity index (χ1v) is 12.6. The van der Waals surface area contributed by atoms with Gasteiger partial charge in [-0.15, -0.1) is 11.8 Å². The van der Waals surface area contributed by atoms with E-state index in [2.05, 4.69) is 5.32 Å². The number of aromatic nitrogens is 1. The van der Waals surface area contributed by atoms with Crippen LogP contribution in [0.4, 0.5) is 5.69 Å². The number of benzene rings is 2. The molecule has 0 unspecified atom stereocenters. The number of fused-ring (bicyclic) bond motifs is 2. The normalized spacial score (nSPS) is 14.0. The lowest BCUT2D eigenvalue weighted by Gasteiger charge is -2.22. The van der Waals surface area contributed by atoms with Gasteiger partial charge in [0.25, 0.3) is 5.91 Å². The average Bonchev–Trinajstić information content (AvgIpc) is 3.39. The second-order valence-electron chi connectivity index (χ2n) is 8.23. The first kappa shape index (κ1) is 22.9. The molecule has 35 heavy (non-hydrogen) atoms. The molecular formula is C28H24N2O4S. The summed E-state index contributed by atoms with van der Waals surface area (Å²) in [4.78, 5) is 31.8. The molecule has 1 aliphatic carbocycles. The largest absolute Gasteiger partial charge is 0.465 e. The molecule has 2 aromatic heterocycles. The number of amides is 1. The van der Waals surface area contributed by atoms with Crippen molar-refractivity contribution in [2.45, 2.75) is 24.2 Å². The minimum atomic E-state index is -0.521. The molecule has 0 saturated carbocycles. The Labute approximate surface area is 207 Å². The number of hydrogen-bond donors (Lipinski definition) is 1. The number of thioether (sulfide) groups is 1. The molecule has 2 aromatic carbocycles. The third-order valence-corrected chi connectivity index (χ3v) is 6.65. The Bertz CT molecular complexity index is 1430. The van der Waals surface area contributed by atoms with Crippen molar-refractivity contribution in [3.8, 4) is 0 Å². The predicted octanol–water partition coefficient (Wildman–Crippen LogP) is 6.22. The third-order valence-electron chi connectivity index (χ3n) is 5.92. The molecule has 1 N–H and O–H groups in total. The summed E-state index contributed by atoms with van der Waals surface area (Å²) < 4.78 is 11.0. The molecule has 6 nitrogen and oxygen atoms in total. The standard InChI is InChI=1S/C28H24N2O4S/c1-35-21-10-5-8-19(16-21)29-25(31)17-34-28(32)26-22-11-2-3-13-24(22)30-27-18(7-4-12-23(26)27)15-20-9-6-14-33-20/h2-3,5-6,8-11,13-16H,4,7,12,17H2,1H3,(H,29,31)/b18-15-. The first-order chi connectivity index (χ1) is 17.1. The highest BCUT2D eigenvalue weighted by Crippen LogP contribution is 2.36. The summed E-state index contributed by atoms with van der Waals surface area (Å²) in [6, 6.07) is 18.8. The Hall–Kier alpha value is -3.84. The zero-order valence-electron chi connectivity index (χ0n) is 19.2. The zero-order chi connectivity index (χ0) is 24.2. The van der Waals surface area contributed by atoms with Gasteiger partial charge in [-0.25, -0.2) is 9.78 Å². The van der Waals surface area contributed by atoms with Gasteiger partial charge in [-0.05, 0) is 79.1 Å². The maximum Gasteiger partial charge on any atom is 0.339 e. The topological polar surface area (TPSA) is 81.4 Å². The van der Waals surface area contributed by atoms with Crippen LogP contribution in [0.2, 0.25) is 0 Å². The van der Waals surface area contributed by atoms with Gasteiger partial charge in [-0.3, -0.25) is 4.79 Å². The number of pyridine rings is 1. The zero-order valence-corrected chi connectivity index (χ0v) is 20.1. The van der Waals surface area contributed by atoms with Crippen LogP contribution in [-0.4, -0.2) is 29.7 Å². The van der Waals surface area contributed by atoms with Gasteiger partial charge in [0.15, 0.2) is 6.61 Å². The number of nitrogens with one attached hydrogen (secondary N) is 1. The van der Waals surface area contributed by atoms with Crippen LogP contribution in [-0.2, 0) is 16.0 Å². The summed E-state index contributed by atoms with van der Waals surface area (Å²) in [6.07, 6.45) is 8.01. The second kappa shape index (κ2) is 10.2. The summed E-state index contributed by atoms with van der Waals surface area (Å²) in [6.45, 7) is -0.372. The van der Waals surface area contributed by atoms with Gasteiger partial charge in [0.05, 0.1) is 23.0 Å². The summed E-state index contributed by atoms with van der Waals surface area (Å²) >= 11 is 1.59. The number of carbonyl (C=O) groups is 2. The van der Waals surface area contributed by atoms with Gasteiger partial charge in [-0.2, -0.15) is 0 Å². The summed E-state index contributed by atoms with van der Waals surface area (Å²) in [5.41, 5.74) is 4.52. The maximum atomic E-state index is 13.3. The van der Waals surface area contributed by atoms with Crippen molar-refractivity contribution < 1.29 is 18.7 Å². The molecule has 5 rings (SSSR count). The number of furan rings is 1. The number of rotatable bonds is 6. The van der Waals surface area contributed by atoms with Gasteiger partial charge in [0.2, 0.25) is 0 Å². The Kier molecular flexibility index (Phi) is 6.68. The molecule has 0 spiro atoms. The molecule has 1 aliphatic rings. The average molecular weight is 485 g/mol. The highest BCUT2D eigenvalue weighted by molar-refractivity contribution is 7.98. The highest BCUT2D eigenvalue weighted by Gasteiger charge is 2.26. The van der Waals surface area contributed by atoms with E-state index in [9.17, 15) is 9.59 Å². The van der Waals surface area contributed by atoms with Gasteiger partial charge in [-0.1, -0.05) is 24.3 Å². The van der Waals surface area contributed by atoms with Crippen LogP contribution in [0, 0.1) is 0 Å². The minimum absolute atomic E-state index is 0.372. The quantitative estimate of drug-likeness (QED) is 0.258. The molecule has 0 saturated heterocycles. The lowest BCUT2D eigenvalue weighted by atomic mass is 9.86. The van der Waals surface area contributed by atoms with Crippen LogP contribution in [0.1, 0.15) is 40.2 Å². The monoisotopic (exact) mass is 484 g/mol. The maximum absolute atomic E-state index is 13.3. The van der Waals surface area contributed by atoms with Crippen molar-refractivity contribution in [1.82, 2.24) is 4.98 Å². The lowest BCUT2D eigenvalue weighted by molar-refractivity contribution is -0.119. The molecular weight excluding hydrogens is 460 g/mol. The van der Waals surface area contributed by atoms with Crippen LogP contribution < -0.4 is 5.32 Å². The third kappa shape index (κ3) is 5.00. The fourth-order valence-electron chi connectivity index (χ4n) is 4.35.